The Bertz CT molecular complexity index is 1720. The van der Waals surface area contributed by atoms with Crippen LogP contribution in [-0.2, 0) is 22.2 Å². The van der Waals surface area contributed by atoms with Gasteiger partial charge in [0.15, 0.2) is 5.78 Å². The van der Waals surface area contributed by atoms with Crippen LogP contribution >= 0.6 is 0 Å². The number of carbonyl (C=O) groups is 2. The molecule has 2 heterocycles. The predicted octanol–water partition coefficient (Wildman–Crippen LogP) is 7.16. The molecule has 0 radical (unpaired) electrons. The Balaban J connectivity index is 1.35. The number of aromatic amines is 1. The van der Waals surface area contributed by atoms with Gasteiger partial charge in [-0.25, -0.2) is 0 Å². The van der Waals surface area contributed by atoms with Crippen LogP contribution in [0, 0.1) is 5.41 Å². The first-order valence-corrected chi connectivity index (χ1v) is 14.4. The van der Waals surface area contributed by atoms with Gasteiger partial charge in [0.25, 0.3) is 0 Å². The van der Waals surface area contributed by atoms with E-state index < -0.39 is 17.8 Å². The first kappa shape index (κ1) is 28.6. The number of fused-ring (bicyclic) bond motifs is 2. The topological polar surface area (TPSA) is 77.2 Å². The summed E-state index contributed by atoms with van der Waals surface area (Å²) in [4.78, 5) is 32.4. The number of amides is 1. The lowest BCUT2D eigenvalue weighted by Gasteiger charge is -2.38. The van der Waals surface area contributed by atoms with Crippen molar-refractivity contribution >= 4 is 34.0 Å². The van der Waals surface area contributed by atoms with Gasteiger partial charge < -0.3 is 20.5 Å². The van der Waals surface area contributed by atoms with Gasteiger partial charge in [-0.3, -0.25) is 9.59 Å². The van der Waals surface area contributed by atoms with E-state index in [9.17, 15) is 22.8 Å². The van der Waals surface area contributed by atoms with Gasteiger partial charge >= 0.3 is 6.18 Å². The molecule has 9 heteroatoms. The predicted molar refractivity (Wildman–Crippen MR) is 162 cm³/mol. The second-order valence-electron chi connectivity index (χ2n) is 12.1. The van der Waals surface area contributed by atoms with Crippen LogP contribution in [0.4, 0.5) is 24.5 Å². The summed E-state index contributed by atoms with van der Waals surface area (Å²) in [5.74, 6) is -0.333. The monoisotopic (exact) mass is 586 g/mol. The summed E-state index contributed by atoms with van der Waals surface area (Å²) in [6, 6.07) is 19.6. The van der Waals surface area contributed by atoms with E-state index in [4.69, 9.17) is 0 Å². The molecule has 4 aromatic rings. The minimum Gasteiger partial charge on any atom is -0.361 e. The van der Waals surface area contributed by atoms with Crippen molar-refractivity contribution in [1.82, 2.24) is 10.3 Å². The van der Waals surface area contributed by atoms with Crippen LogP contribution in [0.15, 0.2) is 90.3 Å². The number of Topliss-reactive ketones (excluding diaryl/α,β-unsaturated/α-hetero) is 1. The smallest absolute Gasteiger partial charge is 0.361 e. The van der Waals surface area contributed by atoms with Crippen molar-refractivity contribution in [3.05, 3.63) is 107 Å². The number of benzene rings is 3. The lowest BCUT2D eigenvalue weighted by Crippen LogP contribution is -2.42. The lowest BCUT2D eigenvalue weighted by molar-refractivity contribution is -0.137. The molecule has 43 heavy (non-hydrogen) atoms. The first-order valence-electron chi connectivity index (χ1n) is 14.4. The van der Waals surface area contributed by atoms with Crippen molar-refractivity contribution in [2.45, 2.75) is 45.3 Å². The SMILES string of the molecule is CC1(C)CC(=O)C2=C(C1)Nc1ccccc1N(CC(=O)NCCc1c[nH]c3ccccc13)C2c1ccc(C(F)(F)F)cc1. The number of para-hydroxylation sites is 3. The van der Waals surface area contributed by atoms with Crippen LogP contribution in [0.1, 0.15) is 49.4 Å². The molecular weight excluding hydrogens is 553 g/mol. The normalized spacial score (nSPS) is 18.1. The van der Waals surface area contributed by atoms with Gasteiger partial charge in [-0.2, -0.15) is 13.2 Å². The van der Waals surface area contributed by atoms with Crippen molar-refractivity contribution in [3.8, 4) is 0 Å². The molecule has 1 atom stereocenters. The Morgan fingerprint density at radius 2 is 1.72 bits per heavy atom. The van der Waals surface area contributed by atoms with Crippen molar-refractivity contribution in [3.63, 3.8) is 0 Å². The van der Waals surface area contributed by atoms with Gasteiger partial charge in [-0.05, 0) is 59.7 Å². The second-order valence-corrected chi connectivity index (χ2v) is 12.1. The Hall–Kier alpha value is -4.53. The minimum atomic E-state index is -4.49. The molecular formula is C34H33F3N4O2. The minimum absolute atomic E-state index is 0.0822. The number of nitrogens with zero attached hydrogens (tertiary/aromatic N) is 1. The summed E-state index contributed by atoms with van der Waals surface area (Å²) in [6.07, 6.45) is -1.04. The summed E-state index contributed by atoms with van der Waals surface area (Å²) in [5, 5.41) is 7.59. The zero-order chi connectivity index (χ0) is 30.4. The number of hydrogen-bond donors (Lipinski definition) is 3. The molecule has 0 saturated heterocycles. The Labute approximate surface area is 248 Å². The van der Waals surface area contributed by atoms with Crippen molar-refractivity contribution in [2.24, 2.45) is 5.41 Å². The van der Waals surface area contributed by atoms with E-state index in [-0.39, 0.29) is 23.7 Å². The fraction of sp³-hybridized carbons (Fsp3) is 0.294. The van der Waals surface area contributed by atoms with E-state index in [0.717, 1.165) is 40.0 Å². The summed E-state index contributed by atoms with van der Waals surface area (Å²) in [7, 11) is 0. The third kappa shape index (κ3) is 5.76. The zero-order valence-electron chi connectivity index (χ0n) is 24.0. The molecule has 0 spiro atoms. The Morgan fingerprint density at radius 3 is 2.49 bits per heavy atom. The fourth-order valence-electron chi connectivity index (χ4n) is 6.31. The lowest BCUT2D eigenvalue weighted by atomic mass is 9.73. The van der Waals surface area contributed by atoms with Crippen LogP contribution in [0.3, 0.4) is 0 Å². The number of H-pyrrole nitrogens is 1. The number of ketones is 1. The number of carbonyl (C=O) groups excluding carboxylic acids is 2. The number of alkyl halides is 3. The number of nitrogens with one attached hydrogen (secondary N) is 3. The number of rotatable bonds is 6. The average Bonchev–Trinajstić information content (AvgIpc) is 3.30. The van der Waals surface area contributed by atoms with Gasteiger partial charge in [0.2, 0.25) is 5.91 Å². The maximum absolute atomic E-state index is 13.8. The number of allylic oxidation sites excluding steroid dienone is 1. The molecule has 3 aromatic carbocycles. The molecule has 1 aliphatic heterocycles. The summed E-state index contributed by atoms with van der Waals surface area (Å²) in [5.41, 5.74) is 4.23. The van der Waals surface area contributed by atoms with Crippen LogP contribution in [-0.4, -0.2) is 29.8 Å². The van der Waals surface area contributed by atoms with Gasteiger partial charge in [0.05, 0.1) is 29.5 Å². The molecule has 2 aliphatic rings. The van der Waals surface area contributed by atoms with E-state index in [1.165, 1.54) is 12.1 Å². The molecule has 6 rings (SSSR count). The molecule has 0 fully saturated rings. The molecule has 3 N–H and O–H groups in total. The summed E-state index contributed by atoms with van der Waals surface area (Å²) >= 11 is 0. The molecule has 0 bridgehead atoms. The van der Waals surface area contributed by atoms with Gasteiger partial charge in [-0.15, -0.1) is 0 Å². The van der Waals surface area contributed by atoms with Crippen molar-refractivity contribution in [1.29, 1.82) is 0 Å². The second kappa shape index (κ2) is 10.9. The molecule has 0 saturated carbocycles. The molecule has 222 valence electrons. The number of hydrogen-bond acceptors (Lipinski definition) is 4. The van der Waals surface area contributed by atoms with E-state index >= 15 is 0 Å². The highest BCUT2D eigenvalue weighted by Crippen LogP contribution is 2.48. The molecule has 1 amide bonds. The van der Waals surface area contributed by atoms with E-state index in [0.29, 0.717) is 42.6 Å². The third-order valence-corrected chi connectivity index (χ3v) is 8.26. The van der Waals surface area contributed by atoms with Crippen LogP contribution in [0.2, 0.25) is 0 Å². The molecule has 1 aliphatic carbocycles. The van der Waals surface area contributed by atoms with E-state index in [2.05, 4.69) is 15.6 Å². The van der Waals surface area contributed by atoms with Crippen LogP contribution in [0.5, 0.6) is 0 Å². The van der Waals surface area contributed by atoms with Crippen LogP contribution in [0.25, 0.3) is 10.9 Å². The maximum Gasteiger partial charge on any atom is 0.416 e. The van der Waals surface area contributed by atoms with E-state index in [1.807, 2.05) is 73.5 Å². The summed E-state index contributed by atoms with van der Waals surface area (Å²) in [6.45, 7) is 4.37. The van der Waals surface area contributed by atoms with Gasteiger partial charge in [-0.1, -0.05) is 56.3 Å². The number of anilines is 2. The average molecular weight is 587 g/mol. The number of aromatic nitrogens is 1. The first-order chi connectivity index (χ1) is 20.5. The maximum atomic E-state index is 13.8. The van der Waals surface area contributed by atoms with Gasteiger partial charge in [0, 0.05) is 41.3 Å². The van der Waals surface area contributed by atoms with Crippen molar-refractivity contribution < 1.29 is 22.8 Å². The quantitative estimate of drug-likeness (QED) is 0.224. The summed E-state index contributed by atoms with van der Waals surface area (Å²) < 4.78 is 40.4. The van der Waals surface area contributed by atoms with Crippen molar-refractivity contribution in [2.75, 3.05) is 23.3 Å². The third-order valence-electron chi connectivity index (χ3n) is 8.26. The highest BCUT2D eigenvalue weighted by atomic mass is 19.4. The zero-order valence-corrected chi connectivity index (χ0v) is 24.0. The molecule has 1 aromatic heterocycles. The molecule has 6 nitrogen and oxygen atoms in total. The fourth-order valence-corrected chi connectivity index (χ4v) is 6.31. The van der Waals surface area contributed by atoms with Crippen LogP contribution < -0.4 is 15.5 Å². The highest BCUT2D eigenvalue weighted by molar-refractivity contribution is 6.02. The Morgan fingerprint density at radius 1 is 1.00 bits per heavy atom. The Kier molecular flexibility index (Phi) is 7.28. The standard InChI is InChI=1S/C34H33F3N4O2/c1-33(2)17-27-31(29(42)18-33)32(21-11-13-23(14-12-21)34(35,36)37)41(28-10-6-5-9-26(28)40-27)20-30(43)38-16-15-22-19-39-25-8-4-3-7-24(22)25/h3-14,19,32,39-40H,15-18,20H2,1-2H3,(H,38,43). The number of halogens is 3. The van der Waals surface area contributed by atoms with Gasteiger partial charge in [0.1, 0.15) is 0 Å². The van der Waals surface area contributed by atoms with E-state index in [1.54, 1.807) is 0 Å². The highest BCUT2D eigenvalue weighted by Gasteiger charge is 2.42. The molecule has 1 unspecified atom stereocenters. The largest absolute Gasteiger partial charge is 0.416 e.